The third-order valence-electron chi connectivity index (χ3n) is 3.46. The number of esters is 1. The number of benzene rings is 1. The average molecular weight is 279 g/mol. The van der Waals surface area contributed by atoms with Crippen LogP contribution in [-0.4, -0.2) is 50.8 Å². The van der Waals surface area contributed by atoms with E-state index in [0.717, 1.165) is 23.5 Å². The summed E-state index contributed by atoms with van der Waals surface area (Å²) in [6, 6.07) is 6.04. The number of hydrogen-bond donors (Lipinski definition) is 0. The van der Waals surface area contributed by atoms with Gasteiger partial charge in [-0.1, -0.05) is 12.1 Å². The Kier molecular flexibility index (Phi) is 4.84. The molecule has 1 aromatic carbocycles. The number of ether oxygens (including phenoxy) is 3. The topological polar surface area (TPSA) is 48.0 Å². The molecule has 20 heavy (non-hydrogen) atoms. The largest absolute Gasteiger partial charge is 0.493 e. The van der Waals surface area contributed by atoms with E-state index in [1.165, 1.54) is 0 Å². The maximum Gasteiger partial charge on any atom is 0.320 e. The van der Waals surface area contributed by atoms with Gasteiger partial charge in [0.2, 0.25) is 0 Å². The molecule has 0 spiro atoms. The second-order valence-electron chi connectivity index (χ2n) is 4.84. The molecule has 2 rings (SSSR count). The molecule has 5 nitrogen and oxygen atoms in total. The molecular weight excluding hydrogens is 258 g/mol. The summed E-state index contributed by atoms with van der Waals surface area (Å²) in [5.74, 6) is 1.37. The summed E-state index contributed by atoms with van der Waals surface area (Å²) in [6.45, 7) is 3.04. The minimum Gasteiger partial charge on any atom is -0.493 e. The van der Waals surface area contributed by atoms with Crippen molar-refractivity contribution in [1.82, 2.24) is 4.90 Å². The van der Waals surface area contributed by atoms with Crippen molar-refractivity contribution in [1.29, 1.82) is 0 Å². The van der Waals surface area contributed by atoms with E-state index in [0.29, 0.717) is 13.2 Å². The van der Waals surface area contributed by atoms with E-state index in [1.54, 1.807) is 7.11 Å². The first-order chi connectivity index (χ1) is 9.65. The van der Waals surface area contributed by atoms with Crippen LogP contribution in [0.4, 0.5) is 0 Å². The second kappa shape index (κ2) is 6.61. The lowest BCUT2D eigenvalue weighted by molar-refractivity contribution is -0.144. The van der Waals surface area contributed by atoms with Crippen LogP contribution in [0.2, 0.25) is 0 Å². The third kappa shape index (κ3) is 3.22. The molecule has 0 saturated heterocycles. The van der Waals surface area contributed by atoms with E-state index in [4.69, 9.17) is 14.2 Å². The van der Waals surface area contributed by atoms with Crippen molar-refractivity contribution in [2.24, 2.45) is 0 Å². The zero-order valence-electron chi connectivity index (χ0n) is 12.2. The SMILES string of the molecule is CCOC(=O)CN(C)[C@@H]1COc2c(cccc2OC)C1. The van der Waals surface area contributed by atoms with Gasteiger partial charge in [0.15, 0.2) is 11.5 Å². The van der Waals surface area contributed by atoms with Crippen molar-refractivity contribution < 1.29 is 19.0 Å². The molecule has 0 radical (unpaired) electrons. The first-order valence-electron chi connectivity index (χ1n) is 6.80. The molecule has 0 fully saturated rings. The summed E-state index contributed by atoms with van der Waals surface area (Å²) < 4.78 is 16.1. The van der Waals surface area contributed by atoms with Gasteiger partial charge in [-0.05, 0) is 32.0 Å². The van der Waals surface area contributed by atoms with Crippen molar-refractivity contribution in [3.63, 3.8) is 0 Å². The van der Waals surface area contributed by atoms with E-state index in [1.807, 2.05) is 37.1 Å². The van der Waals surface area contributed by atoms with Gasteiger partial charge < -0.3 is 14.2 Å². The van der Waals surface area contributed by atoms with Crippen molar-refractivity contribution in [2.45, 2.75) is 19.4 Å². The molecule has 1 heterocycles. The summed E-state index contributed by atoms with van der Waals surface area (Å²) in [6.07, 6.45) is 0.836. The van der Waals surface area contributed by atoms with Crippen molar-refractivity contribution in [3.05, 3.63) is 23.8 Å². The van der Waals surface area contributed by atoms with Crippen LogP contribution in [0.15, 0.2) is 18.2 Å². The molecule has 0 N–H and O–H groups in total. The number of likely N-dealkylation sites (N-methyl/N-ethyl adjacent to an activating group) is 1. The van der Waals surface area contributed by atoms with E-state index in [9.17, 15) is 4.79 Å². The molecule has 5 heteroatoms. The molecule has 1 atom stereocenters. The number of nitrogens with zero attached hydrogens (tertiary/aromatic N) is 1. The van der Waals surface area contributed by atoms with Crippen LogP contribution in [0.3, 0.4) is 0 Å². The maximum atomic E-state index is 11.5. The first kappa shape index (κ1) is 14.7. The van der Waals surface area contributed by atoms with Crippen molar-refractivity contribution >= 4 is 5.97 Å². The Morgan fingerprint density at radius 2 is 2.30 bits per heavy atom. The minimum absolute atomic E-state index is 0.166. The van der Waals surface area contributed by atoms with Crippen LogP contribution in [0, 0.1) is 0 Å². The molecule has 0 amide bonds. The predicted octanol–water partition coefficient (Wildman–Crippen LogP) is 1.49. The second-order valence-corrected chi connectivity index (χ2v) is 4.84. The maximum absolute atomic E-state index is 11.5. The Bertz CT molecular complexity index is 475. The minimum atomic E-state index is -0.202. The highest BCUT2D eigenvalue weighted by Crippen LogP contribution is 2.35. The van der Waals surface area contributed by atoms with Crippen LogP contribution in [0.25, 0.3) is 0 Å². The third-order valence-corrected chi connectivity index (χ3v) is 3.46. The molecule has 1 aromatic rings. The van der Waals surface area contributed by atoms with Crippen LogP contribution in [0.5, 0.6) is 11.5 Å². The molecule has 0 aliphatic carbocycles. The molecule has 0 aromatic heterocycles. The lowest BCUT2D eigenvalue weighted by atomic mass is 10.0. The average Bonchev–Trinajstić information content (AvgIpc) is 2.46. The number of carbonyl (C=O) groups is 1. The smallest absolute Gasteiger partial charge is 0.320 e. The summed E-state index contributed by atoms with van der Waals surface area (Å²) >= 11 is 0. The fraction of sp³-hybridized carbons (Fsp3) is 0.533. The van der Waals surface area contributed by atoms with Gasteiger partial charge in [0.05, 0.1) is 20.3 Å². The van der Waals surface area contributed by atoms with Gasteiger partial charge in [-0.3, -0.25) is 9.69 Å². The number of carbonyl (C=O) groups excluding carboxylic acids is 1. The lowest BCUT2D eigenvalue weighted by Crippen LogP contribution is -2.43. The summed E-state index contributed by atoms with van der Waals surface area (Å²) in [5, 5.41) is 0. The van der Waals surface area contributed by atoms with Gasteiger partial charge in [-0.25, -0.2) is 0 Å². The molecule has 1 aliphatic heterocycles. The summed E-state index contributed by atoms with van der Waals surface area (Å²) in [7, 11) is 3.55. The van der Waals surface area contributed by atoms with E-state index < -0.39 is 0 Å². The summed E-state index contributed by atoms with van der Waals surface area (Å²) in [4.78, 5) is 13.5. The van der Waals surface area contributed by atoms with Gasteiger partial charge in [0.25, 0.3) is 0 Å². The molecular formula is C15H21NO4. The summed E-state index contributed by atoms with van der Waals surface area (Å²) in [5.41, 5.74) is 1.11. The van der Waals surface area contributed by atoms with Crippen LogP contribution in [0.1, 0.15) is 12.5 Å². The lowest BCUT2D eigenvalue weighted by Gasteiger charge is -2.32. The van der Waals surface area contributed by atoms with E-state index >= 15 is 0 Å². The van der Waals surface area contributed by atoms with Crippen LogP contribution in [-0.2, 0) is 16.0 Å². The Balaban J connectivity index is 2.02. The van der Waals surface area contributed by atoms with Gasteiger partial charge >= 0.3 is 5.97 Å². The van der Waals surface area contributed by atoms with E-state index in [-0.39, 0.29) is 18.6 Å². The molecule has 110 valence electrons. The monoisotopic (exact) mass is 279 g/mol. The number of rotatable bonds is 5. The fourth-order valence-corrected chi connectivity index (χ4v) is 2.36. The standard InChI is InChI=1S/C15H21NO4/c1-4-19-14(17)9-16(2)12-8-11-6-5-7-13(18-3)15(11)20-10-12/h5-7,12H,4,8-10H2,1-3H3/t12-/m0/s1. The van der Waals surface area contributed by atoms with Gasteiger partial charge in [-0.2, -0.15) is 0 Å². The zero-order valence-corrected chi connectivity index (χ0v) is 12.2. The van der Waals surface area contributed by atoms with Crippen molar-refractivity contribution in [2.75, 3.05) is 33.9 Å². The molecule has 0 saturated carbocycles. The van der Waals surface area contributed by atoms with Crippen LogP contribution < -0.4 is 9.47 Å². The number of fused-ring (bicyclic) bond motifs is 1. The quantitative estimate of drug-likeness (QED) is 0.764. The number of hydrogen-bond acceptors (Lipinski definition) is 5. The Morgan fingerprint density at radius 3 is 3.00 bits per heavy atom. The van der Waals surface area contributed by atoms with E-state index in [2.05, 4.69) is 0 Å². The van der Waals surface area contributed by atoms with Gasteiger partial charge in [0, 0.05) is 6.04 Å². The first-order valence-corrected chi connectivity index (χ1v) is 6.80. The number of methoxy groups -OCH3 is 1. The molecule has 0 bridgehead atoms. The highest BCUT2D eigenvalue weighted by atomic mass is 16.5. The van der Waals surface area contributed by atoms with Gasteiger partial charge in [0.1, 0.15) is 6.61 Å². The Hall–Kier alpha value is -1.75. The molecule has 0 unspecified atom stereocenters. The fourth-order valence-electron chi connectivity index (χ4n) is 2.36. The Labute approximate surface area is 119 Å². The van der Waals surface area contributed by atoms with Crippen molar-refractivity contribution in [3.8, 4) is 11.5 Å². The zero-order chi connectivity index (χ0) is 14.5. The number of para-hydroxylation sites is 1. The highest BCUT2D eigenvalue weighted by Gasteiger charge is 2.26. The predicted molar refractivity (Wildman–Crippen MR) is 75.2 cm³/mol. The Morgan fingerprint density at radius 1 is 1.50 bits per heavy atom. The molecule has 1 aliphatic rings. The normalized spacial score (nSPS) is 17.3. The van der Waals surface area contributed by atoms with Crippen LogP contribution >= 0.6 is 0 Å². The highest BCUT2D eigenvalue weighted by molar-refractivity contribution is 5.71. The van der Waals surface area contributed by atoms with Gasteiger partial charge in [-0.15, -0.1) is 0 Å².